The SMILES string of the molecule is CCCCCC/C=C\C=C/CCCCCCCC(=O)OC[C@H](COP(=O)(O)OCC(O)COP(=O)(O)OC[C@@H](COC(=O)CCCCCCCCCC(C)C)OC(=O)CCCCCCCCCCCC(C)C)OC(=O)CCCCCCCCCCCCCCCCC(C)C. The van der Waals surface area contributed by atoms with Gasteiger partial charge in [0.1, 0.15) is 19.3 Å². The Kier molecular flexibility index (Phi) is 63.5. The number of esters is 4. The highest BCUT2D eigenvalue weighted by atomic mass is 31.2. The smallest absolute Gasteiger partial charge is 0.462 e. The van der Waals surface area contributed by atoms with Gasteiger partial charge in [-0.15, -0.1) is 0 Å². The first-order chi connectivity index (χ1) is 45.2. The quantitative estimate of drug-likeness (QED) is 0.0169. The van der Waals surface area contributed by atoms with Crippen molar-refractivity contribution < 1.29 is 80.2 Å². The fourth-order valence-corrected chi connectivity index (χ4v) is 12.5. The maximum atomic E-state index is 13.1. The van der Waals surface area contributed by atoms with Gasteiger partial charge in [-0.3, -0.25) is 37.3 Å². The maximum Gasteiger partial charge on any atom is 0.472 e. The number of phosphoric ester groups is 2. The lowest BCUT2D eigenvalue weighted by Crippen LogP contribution is -2.30. The highest BCUT2D eigenvalue weighted by Crippen LogP contribution is 2.45. The Hall–Kier alpha value is -2.46. The molecule has 17 nitrogen and oxygen atoms in total. The molecule has 0 aromatic heterocycles. The molecule has 0 aromatic rings. The van der Waals surface area contributed by atoms with Crippen LogP contribution in [0.15, 0.2) is 24.3 Å². The molecule has 0 fully saturated rings. The summed E-state index contributed by atoms with van der Waals surface area (Å²) in [7, 11) is -9.92. The number of unbranched alkanes of at least 4 members (excludes halogenated alkanes) is 36. The van der Waals surface area contributed by atoms with Gasteiger partial charge in [0.05, 0.1) is 26.4 Å². The number of aliphatic hydroxyl groups excluding tert-OH is 1. The van der Waals surface area contributed by atoms with E-state index in [-0.39, 0.29) is 25.7 Å². The lowest BCUT2D eigenvalue weighted by molar-refractivity contribution is -0.161. The van der Waals surface area contributed by atoms with E-state index in [1.54, 1.807) is 0 Å². The Balaban J connectivity index is 5.28. The number of aliphatic hydroxyl groups is 1. The zero-order chi connectivity index (χ0) is 69.4. The molecule has 0 spiro atoms. The summed E-state index contributed by atoms with van der Waals surface area (Å²) in [6.07, 6.45) is 53.6. The number of carbonyl (C=O) groups excluding carboxylic acids is 4. The fraction of sp³-hybridized carbons (Fsp3) is 0.893. The minimum absolute atomic E-state index is 0.100. The fourth-order valence-electron chi connectivity index (χ4n) is 10.9. The van der Waals surface area contributed by atoms with Crippen molar-refractivity contribution in [2.45, 2.75) is 375 Å². The van der Waals surface area contributed by atoms with E-state index in [1.165, 1.54) is 141 Å². The second-order valence-electron chi connectivity index (χ2n) is 27.8. The van der Waals surface area contributed by atoms with E-state index in [1.807, 2.05) is 0 Å². The molecule has 19 heteroatoms. The van der Waals surface area contributed by atoms with Crippen LogP contribution in [0.5, 0.6) is 0 Å². The lowest BCUT2D eigenvalue weighted by Gasteiger charge is -2.21. The van der Waals surface area contributed by atoms with Crippen LogP contribution >= 0.6 is 15.6 Å². The second-order valence-corrected chi connectivity index (χ2v) is 30.7. The molecule has 94 heavy (non-hydrogen) atoms. The van der Waals surface area contributed by atoms with Gasteiger partial charge in [-0.25, -0.2) is 9.13 Å². The molecule has 554 valence electrons. The van der Waals surface area contributed by atoms with Crippen LogP contribution in [0.25, 0.3) is 0 Å². The molecule has 0 saturated carbocycles. The minimum atomic E-state index is -4.96. The molecule has 0 aliphatic rings. The monoisotopic (exact) mass is 1380 g/mol. The summed E-state index contributed by atoms with van der Waals surface area (Å²) in [6.45, 7) is 11.8. The predicted octanol–water partition coefficient (Wildman–Crippen LogP) is 21.3. The van der Waals surface area contributed by atoms with Gasteiger partial charge in [0.15, 0.2) is 12.2 Å². The molecule has 3 N–H and O–H groups in total. The zero-order valence-corrected chi connectivity index (χ0v) is 62.7. The van der Waals surface area contributed by atoms with Crippen LogP contribution in [0.2, 0.25) is 0 Å². The molecule has 0 amide bonds. The summed E-state index contributed by atoms with van der Waals surface area (Å²) in [5, 5.41) is 10.6. The summed E-state index contributed by atoms with van der Waals surface area (Å²) in [5.74, 6) is 0.0800. The molecule has 0 heterocycles. The van der Waals surface area contributed by atoms with Gasteiger partial charge >= 0.3 is 39.5 Å². The average Bonchev–Trinajstić information content (AvgIpc) is 1.16. The average molecular weight is 1380 g/mol. The van der Waals surface area contributed by atoms with Crippen molar-refractivity contribution in [3.05, 3.63) is 24.3 Å². The molecule has 5 atom stereocenters. The topological polar surface area (TPSA) is 237 Å². The largest absolute Gasteiger partial charge is 0.472 e. The van der Waals surface area contributed by atoms with E-state index >= 15 is 0 Å². The summed E-state index contributed by atoms with van der Waals surface area (Å²) in [6, 6.07) is 0. The van der Waals surface area contributed by atoms with Gasteiger partial charge in [-0.2, -0.15) is 0 Å². The summed E-state index contributed by atoms with van der Waals surface area (Å²) >= 11 is 0. The van der Waals surface area contributed by atoms with Crippen LogP contribution in [0.3, 0.4) is 0 Å². The number of carbonyl (C=O) groups is 4. The Labute approximate surface area is 573 Å². The van der Waals surface area contributed by atoms with Crippen molar-refractivity contribution in [3.8, 4) is 0 Å². The van der Waals surface area contributed by atoms with Crippen molar-refractivity contribution in [2.24, 2.45) is 17.8 Å². The van der Waals surface area contributed by atoms with Gasteiger partial charge in [0.25, 0.3) is 0 Å². The van der Waals surface area contributed by atoms with Gasteiger partial charge in [-0.1, -0.05) is 304 Å². The van der Waals surface area contributed by atoms with E-state index in [4.69, 9.17) is 37.0 Å². The number of hydrogen-bond donors (Lipinski definition) is 3. The van der Waals surface area contributed by atoms with Crippen molar-refractivity contribution in [3.63, 3.8) is 0 Å². The van der Waals surface area contributed by atoms with Crippen molar-refractivity contribution >= 4 is 39.5 Å². The zero-order valence-electron chi connectivity index (χ0n) is 60.9. The minimum Gasteiger partial charge on any atom is -0.462 e. The predicted molar refractivity (Wildman–Crippen MR) is 381 cm³/mol. The van der Waals surface area contributed by atoms with E-state index in [0.29, 0.717) is 31.6 Å². The first kappa shape index (κ1) is 91.5. The van der Waals surface area contributed by atoms with Crippen LogP contribution in [-0.2, 0) is 65.4 Å². The molecular weight excluding hydrogens is 1230 g/mol. The van der Waals surface area contributed by atoms with Gasteiger partial charge in [0.2, 0.25) is 0 Å². The van der Waals surface area contributed by atoms with Crippen LogP contribution < -0.4 is 0 Å². The third-order valence-corrected chi connectivity index (χ3v) is 18.7. The number of hydrogen-bond acceptors (Lipinski definition) is 15. The maximum absolute atomic E-state index is 13.1. The van der Waals surface area contributed by atoms with Crippen molar-refractivity contribution in [1.29, 1.82) is 0 Å². The highest BCUT2D eigenvalue weighted by molar-refractivity contribution is 7.47. The summed E-state index contributed by atoms with van der Waals surface area (Å²) in [4.78, 5) is 72.7. The highest BCUT2D eigenvalue weighted by Gasteiger charge is 2.30. The first-order valence-corrected chi connectivity index (χ1v) is 41.2. The van der Waals surface area contributed by atoms with Gasteiger partial charge < -0.3 is 33.8 Å². The molecule has 3 unspecified atom stereocenters. The van der Waals surface area contributed by atoms with Crippen molar-refractivity contribution in [1.82, 2.24) is 0 Å². The standard InChI is InChI=1S/C75H142O17P2/c1-8-9-10-11-12-13-14-15-16-20-23-28-35-42-49-56-72(77)85-62-70(91-74(79)58-51-44-36-29-24-21-18-17-19-22-26-32-39-46-53-66(2)3)64-89-93(81,82)87-60-69(76)61-88-94(83,84)90-65-71(63-86-73(78)57-50-43-38-31-34-41-48-55-68(6)7)92-75(80)59-52-45-37-30-25-27-33-40-47-54-67(4)5/h13-16,66-71,76H,8-12,17-65H2,1-7H3,(H,81,82)(H,83,84)/b14-13-,16-15-/t69?,70-,71-/m1/s1. The third-order valence-electron chi connectivity index (χ3n) is 16.8. The Bertz CT molecular complexity index is 1930. The Morgan fingerprint density at radius 1 is 0.330 bits per heavy atom. The first-order valence-electron chi connectivity index (χ1n) is 38.2. The molecule has 0 bridgehead atoms. The van der Waals surface area contributed by atoms with Crippen LogP contribution in [0.1, 0.15) is 357 Å². The van der Waals surface area contributed by atoms with Gasteiger partial charge in [0, 0.05) is 25.7 Å². The number of phosphoric acid groups is 2. The van der Waals surface area contributed by atoms with E-state index in [0.717, 1.165) is 127 Å². The number of ether oxygens (including phenoxy) is 4. The molecule has 0 aromatic carbocycles. The third kappa shape index (κ3) is 68.1. The molecule has 0 aliphatic carbocycles. The molecule has 0 aliphatic heterocycles. The molecule has 0 saturated heterocycles. The number of rotatable bonds is 71. The van der Waals surface area contributed by atoms with Crippen LogP contribution in [0.4, 0.5) is 0 Å². The summed E-state index contributed by atoms with van der Waals surface area (Å²) in [5.41, 5.74) is 0. The van der Waals surface area contributed by atoms with Crippen molar-refractivity contribution in [2.75, 3.05) is 39.6 Å². The molecule has 0 radical (unpaired) electrons. The summed E-state index contributed by atoms with van der Waals surface area (Å²) < 4.78 is 68.4. The van der Waals surface area contributed by atoms with Gasteiger partial charge in [-0.05, 0) is 69.1 Å². The van der Waals surface area contributed by atoms with E-state index in [2.05, 4.69) is 72.8 Å². The number of allylic oxidation sites excluding steroid dienone is 4. The lowest BCUT2D eigenvalue weighted by atomic mass is 10.0. The normalized spacial score (nSPS) is 14.3. The van der Waals surface area contributed by atoms with E-state index in [9.17, 15) is 43.2 Å². The van der Waals surface area contributed by atoms with Crippen LogP contribution in [-0.4, -0.2) is 96.7 Å². The Morgan fingerprint density at radius 3 is 0.862 bits per heavy atom. The molecule has 0 rings (SSSR count). The molecular formula is C75H142O17P2. The van der Waals surface area contributed by atoms with E-state index < -0.39 is 97.5 Å². The van der Waals surface area contributed by atoms with Crippen LogP contribution in [0, 0.1) is 17.8 Å². The Morgan fingerprint density at radius 2 is 0.574 bits per heavy atom. The second kappa shape index (κ2) is 65.2.